The van der Waals surface area contributed by atoms with E-state index in [0.29, 0.717) is 5.69 Å². The van der Waals surface area contributed by atoms with Gasteiger partial charge in [-0.2, -0.15) is 0 Å². The molecule has 1 aromatic carbocycles. The number of rotatable bonds is 5. The van der Waals surface area contributed by atoms with Gasteiger partial charge in [-0.05, 0) is 30.7 Å². The Bertz CT molecular complexity index is 701. The average molecular weight is 341 g/mol. The zero-order valence-corrected chi connectivity index (χ0v) is 14.3. The molecule has 2 N–H and O–H groups in total. The van der Waals surface area contributed by atoms with Crippen LogP contribution in [0.2, 0.25) is 0 Å². The smallest absolute Gasteiger partial charge is 0.272 e. The van der Waals surface area contributed by atoms with Crippen LogP contribution in [0.5, 0.6) is 0 Å². The number of hydrogen-bond donors (Lipinski definition) is 1. The van der Waals surface area contributed by atoms with Gasteiger partial charge in [-0.1, -0.05) is 20.3 Å². The van der Waals surface area contributed by atoms with Gasteiger partial charge in [0, 0.05) is 30.9 Å². The molecule has 1 unspecified atom stereocenters. The van der Waals surface area contributed by atoms with Crippen LogP contribution in [0.15, 0.2) is 23.1 Å². The van der Waals surface area contributed by atoms with Crippen molar-refractivity contribution in [1.82, 2.24) is 0 Å². The second kappa shape index (κ2) is 6.45. The number of non-ortho nitro benzene ring substituents is 1. The Morgan fingerprint density at radius 1 is 1.39 bits per heavy atom. The molecule has 128 valence electrons. The van der Waals surface area contributed by atoms with Gasteiger partial charge in [-0.25, -0.2) is 13.6 Å². The molecule has 0 saturated carbocycles. The second-order valence-corrected chi connectivity index (χ2v) is 8.13. The summed E-state index contributed by atoms with van der Waals surface area (Å²) in [5.41, 5.74) is 0.430. The molecule has 1 saturated heterocycles. The third-order valence-electron chi connectivity index (χ3n) is 4.42. The molecule has 0 aromatic heterocycles. The molecule has 23 heavy (non-hydrogen) atoms. The summed E-state index contributed by atoms with van der Waals surface area (Å²) in [6.45, 7) is 5.86. The zero-order chi connectivity index (χ0) is 17.3. The number of hydrogen-bond acceptors (Lipinski definition) is 5. The summed E-state index contributed by atoms with van der Waals surface area (Å²) in [6.07, 6.45) is 4.22. The van der Waals surface area contributed by atoms with Crippen molar-refractivity contribution >= 4 is 21.4 Å². The Hall–Kier alpha value is -1.67. The molecule has 0 radical (unpaired) electrons. The van der Waals surface area contributed by atoms with Crippen molar-refractivity contribution in [2.24, 2.45) is 10.6 Å². The van der Waals surface area contributed by atoms with Gasteiger partial charge in [-0.15, -0.1) is 0 Å². The fourth-order valence-corrected chi connectivity index (χ4v) is 3.93. The molecule has 1 atom stereocenters. The topological polar surface area (TPSA) is 107 Å². The highest BCUT2D eigenvalue weighted by Crippen LogP contribution is 2.37. The minimum atomic E-state index is -3.99. The fourth-order valence-electron chi connectivity index (χ4n) is 3.36. The molecular formula is C15H23N3O4S. The average Bonchev–Trinajstić information content (AvgIpc) is 2.45. The number of sulfonamides is 1. The van der Waals surface area contributed by atoms with Crippen molar-refractivity contribution in [3.8, 4) is 0 Å². The molecule has 0 amide bonds. The van der Waals surface area contributed by atoms with Gasteiger partial charge >= 0.3 is 0 Å². The summed E-state index contributed by atoms with van der Waals surface area (Å²) in [7, 11) is -3.99. The third-order valence-corrected chi connectivity index (χ3v) is 5.31. The van der Waals surface area contributed by atoms with E-state index >= 15 is 0 Å². The molecule has 0 spiro atoms. The summed E-state index contributed by atoms with van der Waals surface area (Å²) in [4.78, 5) is 12.3. The zero-order valence-electron chi connectivity index (χ0n) is 13.5. The van der Waals surface area contributed by atoms with E-state index in [9.17, 15) is 18.5 Å². The third kappa shape index (κ3) is 4.20. The first-order chi connectivity index (χ1) is 10.6. The first-order valence-electron chi connectivity index (χ1n) is 7.72. The Kier molecular flexibility index (Phi) is 4.95. The monoisotopic (exact) mass is 341 g/mol. The van der Waals surface area contributed by atoms with Crippen LogP contribution in [0.1, 0.15) is 39.5 Å². The van der Waals surface area contributed by atoms with E-state index in [1.54, 1.807) is 0 Å². The van der Waals surface area contributed by atoms with Gasteiger partial charge < -0.3 is 4.90 Å². The van der Waals surface area contributed by atoms with Gasteiger partial charge in [0.2, 0.25) is 10.0 Å². The number of nitrogens with two attached hydrogens (primary N) is 1. The van der Waals surface area contributed by atoms with Crippen LogP contribution in [-0.2, 0) is 10.0 Å². The van der Waals surface area contributed by atoms with E-state index in [4.69, 9.17) is 5.14 Å². The van der Waals surface area contributed by atoms with Crippen molar-refractivity contribution in [3.63, 3.8) is 0 Å². The number of nitrogens with zero attached hydrogens (tertiary/aromatic N) is 2. The Labute approximate surface area is 136 Å². The highest BCUT2D eigenvalue weighted by atomic mass is 32.2. The molecule has 7 nitrogen and oxygen atoms in total. The SMILES string of the molecule is CCCC1(C)CCCN(c2cc([N+](=O)[O-])cc(S(N)(=O)=O)c2)C1. The molecule has 1 aliphatic heterocycles. The van der Waals surface area contributed by atoms with Crippen molar-refractivity contribution < 1.29 is 13.3 Å². The van der Waals surface area contributed by atoms with Gasteiger partial charge in [0.05, 0.1) is 9.82 Å². The van der Waals surface area contributed by atoms with Gasteiger partial charge in [0.15, 0.2) is 0 Å². The minimum absolute atomic E-state index is 0.138. The van der Waals surface area contributed by atoms with E-state index in [-0.39, 0.29) is 16.0 Å². The molecule has 0 aliphatic carbocycles. The maximum atomic E-state index is 11.6. The lowest BCUT2D eigenvalue weighted by Gasteiger charge is -2.41. The number of nitro benzene ring substituents is 1. The number of primary sulfonamides is 1. The van der Waals surface area contributed by atoms with E-state index in [0.717, 1.165) is 44.8 Å². The van der Waals surface area contributed by atoms with Crippen molar-refractivity contribution in [2.75, 3.05) is 18.0 Å². The molecule has 0 bridgehead atoms. The summed E-state index contributed by atoms with van der Waals surface area (Å²) >= 11 is 0. The number of anilines is 1. The molecule has 1 aromatic rings. The first-order valence-corrected chi connectivity index (χ1v) is 9.26. The van der Waals surface area contributed by atoms with Crippen LogP contribution in [0, 0.1) is 15.5 Å². The summed E-state index contributed by atoms with van der Waals surface area (Å²) in [5, 5.41) is 16.3. The molecule has 1 fully saturated rings. The Balaban J connectivity index is 2.42. The largest absolute Gasteiger partial charge is 0.371 e. The van der Waals surface area contributed by atoms with E-state index < -0.39 is 14.9 Å². The van der Waals surface area contributed by atoms with Crippen LogP contribution in [-0.4, -0.2) is 26.4 Å². The molecule has 1 heterocycles. The van der Waals surface area contributed by atoms with Crippen LogP contribution in [0.4, 0.5) is 11.4 Å². The van der Waals surface area contributed by atoms with Crippen molar-refractivity contribution in [2.45, 2.75) is 44.4 Å². The van der Waals surface area contributed by atoms with E-state index in [2.05, 4.69) is 13.8 Å². The predicted molar refractivity (Wildman–Crippen MR) is 88.9 cm³/mol. The molecule has 8 heteroatoms. The quantitative estimate of drug-likeness (QED) is 0.654. The van der Waals surface area contributed by atoms with E-state index in [1.807, 2.05) is 4.90 Å². The highest BCUT2D eigenvalue weighted by molar-refractivity contribution is 7.89. The number of benzene rings is 1. The number of piperidine rings is 1. The maximum Gasteiger partial charge on any atom is 0.272 e. The van der Waals surface area contributed by atoms with Crippen LogP contribution >= 0.6 is 0 Å². The van der Waals surface area contributed by atoms with Crippen LogP contribution in [0.3, 0.4) is 0 Å². The summed E-state index contributed by atoms with van der Waals surface area (Å²) in [6, 6.07) is 3.86. The molecular weight excluding hydrogens is 318 g/mol. The first kappa shape index (κ1) is 17.7. The second-order valence-electron chi connectivity index (χ2n) is 6.57. The van der Waals surface area contributed by atoms with Gasteiger partial charge in [-0.3, -0.25) is 10.1 Å². The molecule has 2 rings (SSSR count). The van der Waals surface area contributed by atoms with Gasteiger partial charge in [0.1, 0.15) is 0 Å². The van der Waals surface area contributed by atoms with Crippen LogP contribution < -0.4 is 10.0 Å². The van der Waals surface area contributed by atoms with E-state index in [1.165, 1.54) is 12.1 Å². The highest BCUT2D eigenvalue weighted by Gasteiger charge is 2.31. The fraction of sp³-hybridized carbons (Fsp3) is 0.600. The summed E-state index contributed by atoms with van der Waals surface area (Å²) in [5.74, 6) is 0. The normalized spacial score (nSPS) is 22.1. The lowest BCUT2D eigenvalue weighted by Crippen LogP contribution is -2.41. The maximum absolute atomic E-state index is 11.6. The Morgan fingerprint density at radius 2 is 2.09 bits per heavy atom. The standard InChI is InChI=1S/C15H23N3O4S/c1-3-5-15(2)6-4-7-17(11-15)12-8-13(18(19)20)10-14(9-12)23(16,21)22/h8-10H,3-7,11H2,1-2H3,(H2,16,21,22). The number of nitro groups is 1. The van der Waals surface area contributed by atoms with Crippen LogP contribution in [0.25, 0.3) is 0 Å². The van der Waals surface area contributed by atoms with Crippen molar-refractivity contribution in [1.29, 1.82) is 0 Å². The Morgan fingerprint density at radius 3 is 2.65 bits per heavy atom. The predicted octanol–water partition coefficient (Wildman–Crippen LogP) is 2.65. The molecule has 1 aliphatic rings. The summed E-state index contributed by atoms with van der Waals surface area (Å²) < 4.78 is 23.2. The van der Waals surface area contributed by atoms with Crippen molar-refractivity contribution in [3.05, 3.63) is 28.3 Å². The lowest BCUT2D eigenvalue weighted by atomic mass is 9.78. The minimum Gasteiger partial charge on any atom is -0.371 e. The van der Waals surface area contributed by atoms with Gasteiger partial charge in [0.25, 0.3) is 5.69 Å². The lowest BCUT2D eigenvalue weighted by molar-refractivity contribution is -0.385.